The van der Waals surface area contributed by atoms with Gasteiger partial charge < -0.3 is 16.3 Å². The Morgan fingerprint density at radius 3 is 2.96 bits per heavy atom. The highest BCUT2D eigenvalue weighted by Gasteiger charge is 2.21. The first-order valence-electron chi connectivity index (χ1n) is 8.90. The maximum atomic E-state index is 12.9. The minimum absolute atomic E-state index is 0.149. The standard InChI is InChI=1S/C21H23BN4O/c1-3-14(10-20-15(4-2)13-25-22-20)19(11-23)21(27)26-18-6-5-17-12-24-8-7-16(17)9-18/h3-10,12,19,22,25H,1-2,11,13,23H2,(H,26,27)/b14-10+. The number of allylic oxidation sites excluding steroid dienone is 3. The molecular formula is C21H23BN4O. The number of carbonyl (C=O) groups excluding carboxylic acids is 1. The van der Waals surface area contributed by atoms with Crippen LogP contribution in [0, 0.1) is 5.92 Å². The summed E-state index contributed by atoms with van der Waals surface area (Å²) in [5, 5.41) is 8.30. The molecule has 1 aromatic heterocycles. The minimum atomic E-state index is -0.477. The molecule has 5 nitrogen and oxygen atoms in total. The molecule has 136 valence electrons. The van der Waals surface area contributed by atoms with Crippen molar-refractivity contribution in [2.24, 2.45) is 11.7 Å². The molecule has 1 aliphatic rings. The number of amides is 1. The van der Waals surface area contributed by atoms with Gasteiger partial charge >= 0.3 is 0 Å². The number of carbonyl (C=O) groups is 1. The third-order valence-electron chi connectivity index (χ3n) is 4.73. The number of rotatable bonds is 7. The van der Waals surface area contributed by atoms with E-state index in [1.807, 2.05) is 36.4 Å². The van der Waals surface area contributed by atoms with Crippen molar-refractivity contribution in [3.63, 3.8) is 0 Å². The molecule has 0 radical (unpaired) electrons. The summed E-state index contributed by atoms with van der Waals surface area (Å²) in [6.45, 7) is 8.70. The Labute approximate surface area is 160 Å². The van der Waals surface area contributed by atoms with E-state index in [1.165, 1.54) is 0 Å². The Morgan fingerprint density at radius 1 is 1.37 bits per heavy atom. The molecule has 1 aliphatic heterocycles. The Hall–Kier alpha value is -2.96. The van der Waals surface area contributed by atoms with E-state index in [9.17, 15) is 4.79 Å². The third-order valence-corrected chi connectivity index (χ3v) is 4.73. The number of nitrogens with two attached hydrogens (primary N) is 1. The number of nitrogens with one attached hydrogen (secondary N) is 2. The molecule has 0 saturated carbocycles. The number of nitrogens with zero attached hydrogens (tertiary/aromatic N) is 1. The molecule has 6 heteroatoms. The molecule has 2 heterocycles. The normalized spacial score (nSPS) is 15.4. The second kappa shape index (κ2) is 8.62. The van der Waals surface area contributed by atoms with Gasteiger partial charge in [-0.1, -0.05) is 42.9 Å². The number of aromatic nitrogens is 1. The van der Waals surface area contributed by atoms with Gasteiger partial charge in [-0.2, -0.15) is 0 Å². The first-order valence-corrected chi connectivity index (χ1v) is 8.90. The lowest BCUT2D eigenvalue weighted by Gasteiger charge is -2.17. The molecule has 1 atom stereocenters. The monoisotopic (exact) mass is 358 g/mol. The van der Waals surface area contributed by atoms with Gasteiger partial charge in [0, 0.05) is 36.6 Å². The Balaban J connectivity index is 1.83. The van der Waals surface area contributed by atoms with Crippen molar-refractivity contribution < 1.29 is 4.79 Å². The number of hydrogen-bond donors (Lipinski definition) is 3. The highest BCUT2D eigenvalue weighted by atomic mass is 16.1. The van der Waals surface area contributed by atoms with Crippen molar-refractivity contribution in [2.75, 3.05) is 18.4 Å². The minimum Gasteiger partial charge on any atom is -0.351 e. The fraction of sp³-hybridized carbons (Fsp3) is 0.143. The summed E-state index contributed by atoms with van der Waals surface area (Å²) in [4.78, 5) is 17.0. The van der Waals surface area contributed by atoms with Crippen LogP contribution in [-0.2, 0) is 4.79 Å². The number of benzene rings is 1. The van der Waals surface area contributed by atoms with E-state index in [-0.39, 0.29) is 12.5 Å². The van der Waals surface area contributed by atoms with Crippen molar-refractivity contribution in [3.8, 4) is 0 Å². The van der Waals surface area contributed by atoms with Gasteiger partial charge in [0.05, 0.1) is 5.92 Å². The predicted octanol–water partition coefficient (Wildman–Crippen LogP) is 2.26. The summed E-state index contributed by atoms with van der Waals surface area (Å²) in [5.74, 6) is -0.626. The lowest BCUT2D eigenvalue weighted by molar-refractivity contribution is -0.118. The maximum absolute atomic E-state index is 12.9. The van der Waals surface area contributed by atoms with E-state index >= 15 is 0 Å². The van der Waals surface area contributed by atoms with Gasteiger partial charge in [0.15, 0.2) is 0 Å². The zero-order valence-electron chi connectivity index (χ0n) is 15.2. The van der Waals surface area contributed by atoms with Gasteiger partial charge in [-0.25, -0.2) is 0 Å². The molecule has 27 heavy (non-hydrogen) atoms. The summed E-state index contributed by atoms with van der Waals surface area (Å²) in [7, 11) is 0.746. The van der Waals surface area contributed by atoms with Crippen LogP contribution in [0.25, 0.3) is 10.8 Å². The van der Waals surface area contributed by atoms with Crippen molar-refractivity contribution in [1.29, 1.82) is 0 Å². The Morgan fingerprint density at radius 2 is 2.22 bits per heavy atom. The Bertz CT molecular complexity index is 948. The quantitative estimate of drug-likeness (QED) is 0.524. The average Bonchev–Trinajstić information content (AvgIpc) is 3.14. The second-order valence-corrected chi connectivity index (χ2v) is 6.42. The van der Waals surface area contributed by atoms with E-state index in [4.69, 9.17) is 5.73 Å². The zero-order valence-corrected chi connectivity index (χ0v) is 15.2. The number of hydrogen-bond acceptors (Lipinski definition) is 4. The van der Waals surface area contributed by atoms with Crippen LogP contribution in [0.4, 0.5) is 5.69 Å². The number of fused-ring (bicyclic) bond motifs is 1. The summed E-state index contributed by atoms with van der Waals surface area (Å²) in [6.07, 6.45) is 9.06. The van der Waals surface area contributed by atoms with Crippen molar-refractivity contribution >= 4 is 29.8 Å². The van der Waals surface area contributed by atoms with Crippen molar-refractivity contribution in [3.05, 3.63) is 84.7 Å². The molecule has 1 unspecified atom stereocenters. The molecule has 1 aromatic carbocycles. The van der Waals surface area contributed by atoms with Crippen molar-refractivity contribution in [1.82, 2.24) is 10.2 Å². The fourth-order valence-corrected chi connectivity index (χ4v) is 3.19. The van der Waals surface area contributed by atoms with Crippen LogP contribution in [0.2, 0.25) is 0 Å². The molecule has 4 N–H and O–H groups in total. The summed E-state index contributed by atoms with van der Waals surface area (Å²) >= 11 is 0. The molecular weight excluding hydrogens is 335 g/mol. The Kier molecular flexibility index (Phi) is 6.01. The van der Waals surface area contributed by atoms with Gasteiger partial charge in [0.1, 0.15) is 0 Å². The summed E-state index contributed by atoms with van der Waals surface area (Å²) in [6, 6.07) is 7.65. The highest BCUT2D eigenvalue weighted by molar-refractivity contribution is 6.45. The fourth-order valence-electron chi connectivity index (χ4n) is 3.19. The van der Waals surface area contributed by atoms with Gasteiger partial charge in [-0.15, -0.1) is 0 Å². The van der Waals surface area contributed by atoms with Gasteiger partial charge in [-0.3, -0.25) is 9.78 Å². The molecule has 2 aromatic rings. The van der Waals surface area contributed by atoms with Crippen LogP contribution in [0.3, 0.4) is 0 Å². The molecule has 0 saturated heterocycles. The first kappa shape index (κ1) is 18.8. The highest BCUT2D eigenvalue weighted by Crippen LogP contribution is 2.22. The lowest BCUT2D eigenvalue weighted by Crippen LogP contribution is -2.30. The van der Waals surface area contributed by atoms with E-state index < -0.39 is 5.92 Å². The van der Waals surface area contributed by atoms with Gasteiger partial charge in [0.25, 0.3) is 0 Å². The first-order chi connectivity index (χ1) is 13.2. The van der Waals surface area contributed by atoms with Crippen LogP contribution in [0.5, 0.6) is 0 Å². The van der Waals surface area contributed by atoms with Crippen LogP contribution in [-0.4, -0.2) is 31.4 Å². The lowest BCUT2D eigenvalue weighted by atomic mass is 9.80. The SMILES string of the molecule is C=CC1=C(/C=C(\C=C)C(CN)C(=O)Nc2ccc3cnccc3c2)BNC1. The number of anilines is 1. The number of pyridine rings is 1. The van der Waals surface area contributed by atoms with Crippen LogP contribution in [0.15, 0.2) is 84.7 Å². The molecule has 0 spiro atoms. The second-order valence-electron chi connectivity index (χ2n) is 6.42. The zero-order chi connectivity index (χ0) is 19.2. The van der Waals surface area contributed by atoms with Gasteiger partial charge in [0.2, 0.25) is 13.3 Å². The smallest absolute Gasteiger partial charge is 0.236 e. The van der Waals surface area contributed by atoms with E-state index in [0.29, 0.717) is 0 Å². The molecule has 3 rings (SSSR count). The van der Waals surface area contributed by atoms with Crippen LogP contribution < -0.4 is 16.3 Å². The summed E-state index contributed by atoms with van der Waals surface area (Å²) < 4.78 is 0. The van der Waals surface area contributed by atoms with Crippen LogP contribution in [0.1, 0.15) is 0 Å². The van der Waals surface area contributed by atoms with Crippen molar-refractivity contribution in [2.45, 2.75) is 0 Å². The van der Waals surface area contributed by atoms with E-state index in [2.05, 4.69) is 28.7 Å². The average molecular weight is 358 g/mol. The van der Waals surface area contributed by atoms with E-state index in [0.717, 1.165) is 47.0 Å². The predicted molar refractivity (Wildman–Crippen MR) is 114 cm³/mol. The van der Waals surface area contributed by atoms with Gasteiger partial charge in [-0.05, 0) is 34.7 Å². The van der Waals surface area contributed by atoms with E-state index in [1.54, 1.807) is 18.5 Å². The molecule has 0 bridgehead atoms. The summed E-state index contributed by atoms with van der Waals surface area (Å²) in [5.41, 5.74) is 9.71. The topological polar surface area (TPSA) is 80.0 Å². The van der Waals surface area contributed by atoms with Crippen LogP contribution >= 0.6 is 0 Å². The molecule has 1 amide bonds. The third kappa shape index (κ3) is 4.24. The maximum Gasteiger partial charge on any atom is 0.236 e. The molecule has 0 aliphatic carbocycles. The molecule has 0 fully saturated rings. The largest absolute Gasteiger partial charge is 0.351 e.